The number of imidazole rings is 1. The number of carbonyl (C=O) groups excluding carboxylic acids is 1. The Morgan fingerprint density at radius 1 is 1.69 bits per heavy atom. The van der Waals surface area contributed by atoms with Crippen molar-refractivity contribution in [1.82, 2.24) is 9.55 Å². The quantitative estimate of drug-likeness (QED) is 0.702. The molecule has 4 nitrogen and oxygen atoms in total. The molecular formula is C9H14N2O2. The molecule has 4 heteroatoms. The molecule has 0 bridgehead atoms. The summed E-state index contributed by atoms with van der Waals surface area (Å²) >= 11 is 0. The van der Waals surface area contributed by atoms with Crippen LogP contribution < -0.4 is 0 Å². The van der Waals surface area contributed by atoms with E-state index in [0.717, 1.165) is 5.82 Å². The smallest absolute Gasteiger partial charge is 0.419 e. The minimum atomic E-state index is -0.358. The second-order valence-corrected chi connectivity index (χ2v) is 3.01. The van der Waals surface area contributed by atoms with E-state index in [1.165, 1.54) is 4.57 Å². The summed E-state index contributed by atoms with van der Waals surface area (Å²) in [5, 5.41) is 0. The van der Waals surface area contributed by atoms with E-state index in [0.29, 0.717) is 6.61 Å². The van der Waals surface area contributed by atoms with Gasteiger partial charge in [0.15, 0.2) is 0 Å². The van der Waals surface area contributed by atoms with Crippen molar-refractivity contribution in [3.63, 3.8) is 0 Å². The van der Waals surface area contributed by atoms with Gasteiger partial charge in [-0.05, 0) is 6.92 Å². The molecule has 0 saturated heterocycles. The third kappa shape index (κ3) is 2.08. The Morgan fingerprint density at radius 2 is 2.38 bits per heavy atom. The number of carbonyl (C=O) groups is 1. The molecule has 1 aromatic rings. The number of ether oxygens (including phenoxy) is 1. The van der Waals surface area contributed by atoms with Gasteiger partial charge in [0, 0.05) is 18.3 Å². The van der Waals surface area contributed by atoms with Gasteiger partial charge in [0.1, 0.15) is 5.82 Å². The van der Waals surface area contributed by atoms with E-state index >= 15 is 0 Å². The van der Waals surface area contributed by atoms with Crippen molar-refractivity contribution >= 4 is 6.09 Å². The molecule has 0 aliphatic carbocycles. The normalized spacial score (nSPS) is 10.5. The fraction of sp³-hybridized carbons (Fsp3) is 0.556. The van der Waals surface area contributed by atoms with Crippen LogP contribution in [0.2, 0.25) is 0 Å². The van der Waals surface area contributed by atoms with E-state index in [1.54, 1.807) is 19.3 Å². The van der Waals surface area contributed by atoms with Gasteiger partial charge in [-0.1, -0.05) is 13.8 Å². The van der Waals surface area contributed by atoms with Crippen LogP contribution in [0.25, 0.3) is 0 Å². The lowest BCUT2D eigenvalue weighted by Gasteiger charge is -2.07. The predicted molar refractivity (Wildman–Crippen MR) is 48.7 cm³/mol. The van der Waals surface area contributed by atoms with Gasteiger partial charge in [-0.2, -0.15) is 0 Å². The van der Waals surface area contributed by atoms with Crippen LogP contribution in [0.4, 0.5) is 4.79 Å². The van der Waals surface area contributed by atoms with E-state index in [4.69, 9.17) is 4.74 Å². The summed E-state index contributed by atoms with van der Waals surface area (Å²) in [4.78, 5) is 15.4. The summed E-state index contributed by atoms with van der Waals surface area (Å²) < 4.78 is 6.30. The molecule has 0 unspecified atom stereocenters. The number of hydrogen-bond acceptors (Lipinski definition) is 3. The van der Waals surface area contributed by atoms with Crippen LogP contribution in [0.3, 0.4) is 0 Å². The summed E-state index contributed by atoms with van der Waals surface area (Å²) in [6, 6.07) is 0. The SMILES string of the molecule is CCOC(=O)n1ccnc1C(C)C. The molecule has 0 saturated carbocycles. The minimum Gasteiger partial charge on any atom is -0.449 e. The van der Waals surface area contributed by atoms with Gasteiger partial charge in [-0.3, -0.25) is 0 Å². The first-order valence-electron chi connectivity index (χ1n) is 4.37. The van der Waals surface area contributed by atoms with Crippen molar-refractivity contribution < 1.29 is 9.53 Å². The van der Waals surface area contributed by atoms with Crippen LogP contribution in [0, 0.1) is 0 Å². The zero-order valence-electron chi connectivity index (χ0n) is 8.15. The maximum Gasteiger partial charge on any atom is 0.419 e. The number of nitrogens with zero attached hydrogens (tertiary/aromatic N) is 2. The van der Waals surface area contributed by atoms with E-state index in [1.807, 2.05) is 13.8 Å². The fourth-order valence-electron chi connectivity index (χ4n) is 1.09. The second-order valence-electron chi connectivity index (χ2n) is 3.01. The minimum absolute atomic E-state index is 0.222. The monoisotopic (exact) mass is 182 g/mol. The van der Waals surface area contributed by atoms with E-state index in [-0.39, 0.29) is 12.0 Å². The topological polar surface area (TPSA) is 44.1 Å². The molecule has 0 fully saturated rings. The lowest BCUT2D eigenvalue weighted by Crippen LogP contribution is -2.16. The van der Waals surface area contributed by atoms with Crippen LogP contribution >= 0.6 is 0 Å². The summed E-state index contributed by atoms with van der Waals surface area (Å²) in [7, 11) is 0. The van der Waals surface area contributed by atoms with Gasteiger partial charge >= 0.3 is 6.09 Å². The summed E-state index contributed by atoms with van der Waals surface area (Å²) in [5.41, 5.74) is 0. The lowest BCUT2D eigenvalue weighted by molar-refractivity contribution is 0.153. The Labute approximate surface area is 77.5 Å². The fourth-order valence-corrected chi connectivity index (χ4v) is 1.09. The molecule has 0 aliphatic rings. The maximum atomic E-state index is 11.3. The van der Waals surface area contributed by atoms with E-state index < -0.39 is 0 Å². The molecule has 13 heavy (non-hydrogen) atoms. The molecule has 0 amide bonds. The highest BCUT2D eigenvalue weighted by Gasteiger charge is 2.13. The number of hydrogen-bond donors (Lipinski definition) is 0. The van der Waals surface area contributed by atoms with Crippen LogP contribution in [-0.2, 0) is 4.74 Å². The molecule has 0 aromatic carbocycles. The molecule has 1 aromatic heterocycles. The first-order chi connectivity index (χ1) is 6.16. The Kier molecular flexibility index (Phi) is 3.06. The molecule has 0 atom stereocenters. The third-order valence-corrected chi connectivity index (χ3v) is 1.65. The van der Waals surface area contributed by atoms with E-state index in [9.17, 15) is 4.79 Å². The van der Waals surface area contributed by atoms with Gasteiger partial charge in [0.25, 0.3) is 0 Å². The molecular weight excluding hydrogens is 168 g/mol. The molecule has 1 rings (SSSR count). The van der Waals surface area contributed by atoms with Gasteiger partial charge in [0.2, 0.25) is 0 Å². The molecule has 0 radical (unpaired) electrons. The molecule has 0 aliphatic heterocycles. The molecule has 1 heterocycles. The van der Waals surface area contributed by atoms with Gasteiger partial charge in [0.05, 0.1) is 6.61 Å². The largest absolute Gasteiger partial charge is 0.449 e. The van der Waals surface area contributed by atoms with Crippen molar-refractivity contribution in [2.75, 3.05) is 6.61 Å². The summed E-state index contributed by atoms with van der Waals surface area (Å²) in [5.74, 6) is 0.956. The van der Waals surface area contributed by atoms with Crippen LogP contribution in [-0.4, -0.2) is 22.3 Å². The van der Waals surface area contributed by atoms with Crippen molar-refractivity contribution in [2.45, 2.75) is 26.7 Å². The van der Waals surface area contributed by atoms with Gasteiger partial charge in [-0.15, -0.1) is 0 Å². The van der Waals surface area contributed by atoms with Crippen LogP contribution in [0.15, 0.2) is 12.4 Å². The first kappa shape index (κ1) is 9.77. The molecule has 72 valence electrons. The summed E-state index contributed by atoms with van der Waals surface area (Å²) in [6.45, 7) is 6.13. The average molecular weight is 182 g/mol. The molecule has 0 N–H and O–H groups in total. The van der Waals surface area contributed by atoms with E-state index in [2.05, 4.69) is 4.98 Å². The highest BCUT2D eigenvalue weighted by atomic mass is 16.5. The molecule has 0 spiro atoms. The number of aromatic nitrogens is 2. The van der Waals surface area contributed by atoms with Gasteiger partial charge < -0.3 is 4.74 Å². The number of rotatable bonds is 2. The zero-order chi connectivity index (χ0) is 9.84. The standard InChI is InChI=1S/C9H14N2O2/c1-4-13-9(12)11-6-5-10-8(11)7(2)3/h5-7H,4H2,1-3H3. The predicted octanol–water partition coefficient (Wildman–Crippen LogP) is 2.01. The second kappa shape index (κ2) is 4.07. The van der Waals surface area contributed by atoms with Gasteiger partial charge in [-0.25, -0.2) is 14.3 Å². The first-order valence-corrected chi connectivity index (χ1v) is 4.37. The van der Waals surface area contributed by atoms with Crippen molar-refractivity contribution in [3.8, 4) is 0 Å². The maximum absolute atomic E-state index is 11.3. The Hall–Kier alpha value is -1.32. The van der Waals surface area contributed by atoms with Crippen molar-refractivity contribution in [3.05, 3.63) is 18.2 Å². The van der Waals surface area contributed by atoms with Crippen LogP contribution in [0.1, 0.15) is 32.5 Å². The van der Waals surface area contributed by atoms with Crippen molar-refractivity contribution in [2.24, 2.45) is 0 Å². The Morgan fingerprint density at radius 3 is 2.92 bits per heavy atom. The van der Waals surface area contributed by atoms with Crippen LogP contribution in [0.5, 0.6) is 0 Å². The Bertz CT molecular complexity index is 292. The average Bonchev–Trinajstić information content (AvgIpc) is 2.52. The zero-order valence-corrected chi connectivity index (χ0v) is 8.15. The lowest BCUT2D eigenvalue weighted by atomic mass is 10.2. The highest BCUT2D eigenvalue weighted by Crippen LogP contribution is 2.11. The van der Waals surface area contributed by atoms with Crippen molar-refractivity contribution in [1.29, 1.82) is 0 Å². The Balaban J connectivity index is 2.87. The summed E-state index contributed by atoms with van der Waals surface area (Å²) in [6.07, 6.45) is 2.86. The highest BCUT2D eigenvalue weighted by molar-refractivity contribution is 5.71. The third-order valence-electron chi connectivity index (χ3n) is 1.65.